The number of halogens is 2. The zero-order chi connectivity index (χ0) is 18.8. The molecule has 1 aromatic heterocycles. The highest BCUT2D eigenvalue weighted by atomic mass is 19.2. The summed E-state index contributed by atoms with van der Waals surface area (Å²) in [5.41, 5.74) is 0.421. The van der Waals surface area contributed by atoms with Crippen LogP contribution in [-0.2, 0) is 0 Å². The Kier molecular flexibility index (Phi) is 4.71. The van der Waals surface area contributed by atoms with Crippen molar-refractivity contribution >= 4 is 22.5 Å². The van der Waals surface area contributed by atoms with Crippen molar-refractivity contribution in [1.82, 2.24) is 9.88 Å². The van der Waals surface area contributed by atoms with Gasteiger partial charge in [-0.15, -0.1) is 0 Å². The molecule has 0 aliphatic rings. The van der Waals surface area contributed by atoms with E-state index in [2.05, 4.69) is 10.3 Å². The summed E-state index contributed by atoms with van der Waals surface area (Å²) >= 11 is 0. The number of benzene rings is 2. The fourth-order valence-corrected chi connectivity index (χ4v) is 2.77. The summed E-state index contributed by atoms with van der Waals surface area (Å²) in [6.07, 6.45) is 1.42. The highest BCUT2D eigenvalue weighted by Gasteiger charge is 2.22. The van der Waals surface area contributed by atoms with Gasteiger partial charge in [-0.05, 0) is 36.1 Å². The number of pyridine rings is 1. The molecule has 0 bridgehead atoms. The van der Waals surface area contributed by atoms with E-state index in [1.165, 1.54) is 17.2 Å². The molecule has 0 saturated carbocycles. The van der Waals surface area contributed by atoms with E-state index in [1.807, 2.05) is 6.07 Å². The van der Waals surface area contributed by atoms with E-state index in [-0.39, 0.29) is 16.8 Å². The van der Waals surface area contributed by atoms with Crippen LogP contribution in [0.1, 0.15) is 18.5 Å². The first kappa shape index (κ1) is 17.6. The SMILES string of the molecule is C[C@@H](c1c[nH]c(=O)c2c(F)c(F)ccc12)N(C)C(=O)Nc1ccccc1. The normalized spacial score (nSPS) is 12.0. The van der Waals surface area contributed by atoms with E-state index in [0.29, 0.717) is 11.3 Å². The zero-order valence-corrected chi connectivity index (χ0v) is 14.2. The maximum absolute atomic E-state index is 14.1. The second kappa shape index (κ2) is 6.95. The van der Waals surface area contributed by atoms with Gasteiger partial charge in [0.25, 0.3) is 5.56 Å². The lowest BCUT2D eigenvalue weighted by atomic mass is 10.0. The Balaban J connectivity index is 1.96. The van der Waals surface area contributed by atoms with E-state index >= 15 is 0 Å². The first-order chi connectivity index (χ1) is 12.4. The molecule has 5 nitrogen and oxygen atoms in total. The molecule has 26 heavy (non-hydrogen) atoms. The van der Waals surface area contributed by atoms with Crippen LogP contribution in [0, 0.1) is 11.6 Å². The maximum atomic E-state index is 14.1. The third kappa shape index (κ3) is 3.15. The van der Waals surface area contributed by atoms with Crippen LogP contribution < -0.4 is 10.9 Å². The molecule has 0 aliphatic carbocycles. The van der Waals surface area contributed by atoms with Crippen LogP contribution in [0.4, 0.5) is 19.3 Å². The molecule has 0 fully saturated rings. The number of amides is 2. The molecule has 3 rings (SSSR count). The minimum absolute atomic E-state index is 0.263. The molecule has 0 saturated heterocycles. The van der Waals surface area contributed by atoms with Crippen molar-refractivity contribution in [2.45, 2.75) is 13.0 Å². The molecular weight excluding hydrogens is 340 g/mol. The number of aromatic nitrogens is 1. The number of carbonyl (C=O) groups is 1. The van der Waals surface area contributed by atoms with Crippen molar-refractivity contribution in [2.24, 2.45) is 0 Å². The van der Waals surface area contributed by atoms with Crippen molar-refractivity contribution in [3.05, 3.63) is 76.2 Å². The number of urea groups is 1. The minimum Gasteiger partial charge on any atom is -0.328 e. The van der Waals surface area contributed by atoms with Crippen LogP contribution >= 0.6 is 0 Å². The summed E-state index contributed by atoms with van der Waals surface area (Å²) in [6.45, 7) is 1.74. The molecular formula is C19H17F2N3O2. The average molecular weight is 357 g/mol. The fourth-order valence-electron chi connectivity index (χ4n) is 2.77. The van der Waals surface area contributed by atoms with Gasteiger partial charge in [0, 0.05) is 18.9 Å². The van der Waals surface area contributed by atoms with Gasteiger partial charge in [0.15, 0.2) is 11.6 Å². The van der Waals surface area contributed by atoms with E-state index < -0.39 is 23.2 Å². The van der Waals surface area contributed by atoms with Crippen molar-refractivity contribution < 1.29 is 13.6 Å². The molecule has 7 heteroatoms. The fraction of sp³-hybridized carbons (Fsp3) is 0.158. The largest absolute Gasteiger partial charge is 0.328 e. The quantitative estimate of drug-likeness (QED) is 0.743. The van der Waals surface area contributed by atoms with Gasteiger partial charge in [-0.2, -0.15) is 0 Å². The van der Waals surface area contributed by atoms with Gasteiger partial charge in [0.2, 0.25) is 0 Å². The predicted molar refractivity (Wildman–Crippen MR) is 96.1 cm³/mol. The predicted octanol–water partition coefficient (Wildman–Crippen LogP) is 4.03. The van der Waals surface area contributed by atoms with Gasteiger partial charge in [-0.1, -0.05) is 24.3 Å². The van der Waals surface area contributed by atoms with Gasteiger partial charge >= 0.3 is 6.03 Å². The molecule has 0 unspecified atom stereocenters. The lowest BCUT2D eigenvalue weighted by molar-refractivity contribution is 0.208. The third-order valence-electron chi connectivity index (χ3n) is 4.37. The number of anilines is 1. The van der Waals surface area contributed by atoms with Gasteiger partial charge in [0.1, 0.15) is 0 Å². The molecule has 0 aliphatic heterocycles. The molecule has 1 atom stereocenters. The number of para-hydroxylation sites is 1. The van der Waals surface area contributed by atoms with Crippen LogP contribution in [0.25, 0.3) is 10.8 Å². The summed E-state index contributed by atoms with van der Waals surface area (Å²) < 4.78 is 27.6. The maximum Gasteiger partial charge on any atom is 0.322 e. The summed E-state index contributed by atoms with van der Waals surface area (Å²) in [7, 11) is 1.58. The molecule has 2 aromatic carbocycles. The zero-order valence-electron chi connectivity index (χ0n) is 14.2. The molecule has 2 amide bonds. The number of nitrogens with one attached hydrogen (secondary N) is 2. The Morgan fingerprint density at radius 1 is 1.15 bits per heavy atom. The van der Waals surface area contributed by atoms with Gasteiger partial charge in [-0.3, -0.25) is 4.79 Å². The number of aromatic amines is 1. The monoisotopic (exact) mass is 357 g/mol. The number of fused-ring (bicyclic) bond motifs is 1. The standard InChI is InChI=1S/C19H17F2N3O2/c1-11(24(2)19(26)23-12-6-4-3-5-7-12)14-10-22-18(25)16-13(14)8-9-15(20)17(16)21/h3-11H,1-2H3,(H,22,25)(H,23,26)/t11-/m0/s1. The number of hydrogen-bond acceptors (Lipinski definition) is 2. The topological polar surface area (TPSA) is 65.2 Å². The average Bonchev–Trinajstić information content (AvgIpc) is 2.64. The second-order valence-corrected chi connectivity index (χ2v) is 5.94. The van der Waals surface area contributed by atoms with Gasteiger partial charge in [0.05, 0.1) is 11.4 Å². The highest BCUT2D eigenvalue weighted by molar-refractivity contribution is 5.90. The van der Waals surface area contributed by atoms with Crippen LogP contribution in [0.3, 0.4) is 0 Å². The van der Waals surface area contributed by atoms with E-state index in [0.717, 1.165) is 6.07 Å². The van der Waals surface area contributed by atoms with Gasteiger partial charge in [-0.25, -0.2) is 13.6 Å². The first-order valence-electron chi connectivity index (χ1n) is 7.98. The summed E-state index contributed by atoms with van der Waals surface area (Å²) in [5.74, 6) is -2.29. The first-order valence-corrected chi connectivity index (χ1v) is 7.98. The Labute approximate surface area is 148 Å². The number of carbonyl (C=O) groups excluding carboxylic acids is 1. The van der Waals surface area contributed by atoms with Crippen LogP contribution in [0.2, 0.25) is 0 Å². The molecule has 0 radical (unpaired) electrons. The summed E-state index contributed by atoms with van der Waals surface area (Å²) in [4.78, 5) is 28.2. The second-order valence-electron chi connectivity index (χ2n) is 5.94. The Morgan fingerprint density at radius 3 is 2.54 bits per heavy atom. The third-order valence-corrected chi connectivity index (χ3v) is 4.37. The molecule has 0 spiro atoms. The number of rotatable bonds is 3. The van der Waals surface area contributed by atoms with Crippen LogP contribution in [0.15, 0.2) is 53.5 Å². The lowest BCUT2D eigenvalue weighted by Crippen LogP contribution is -2.34. The molecule has 1 heterocycles. The van der Waals surface area contributed by atoms with E-state index in [9.17, 15) is 18.4 Å². The smallest absolute Gasteiger partial charge is 0.322 e. The summed E-state index contributed by atoms with van der Waals surface area (Å²) in [5, 5.41) is 2.66. The molecule has 134 valence electrons. The van der Waals surface area contributed by atoms with E-state index in [4.69, 9.17) is 0 Å². The Bertz CT molecular complexity index is 1020. The Hall–Kier alpha value is -3.22. The van der Waals surface area contributed by atoms with Gasteiger partial charge < -0.3 is 15.2 Å². The van der Waals surface area contributed by atoms with Crippen LogP contribution in [-0.4, -0.2) is 23.0 Å². The number of hydrogen-bond donors (Lipinski definition) is 2. The molecule has 2 N–H and O–H groups in total. The van der Waals surface area contributed by atoms with Crippen molar-refractivity contribution in [3.8, 4) is 0 Å². The number of nitrogens with zero attached hydrogens (tertiary/aromatic N) is 1. The van der Waals surface area contributed by atoms with Crippen molar-refractivity contribution in [1.29, 1.82) is 0 Å². The Morgan fingerprint density at radius 2 is 1.85 bits per heavy atom. The lowest BCUT2D eigenvalue weighted by Gasteiger charge is -2.26. The highest BCUT2D eigenvalue weighted by Crippen LogP contribution is 2.27. The molecule has 3 aromatic rings. The van der Waals surface area contributed by atoms with E-state index in [1.54, 1.807) is 38.2 Å². The van der Waals surface area contributed by atoms with Crippen LogP contribution in [0.5, 0.6) is 0 Å². The number of H-pyrrole nitrogens is 1. The van der Waals surface area contributed by atoms with Crippen molar-refractivity contribution in [2.75, 3.05) is 12.4 Å². The summed E-state index contributed by atoms with van der Waals surface area (Å²) in [6, 6.07) is 10.4. The minimum atomic E-state index is -1.20. The van der Waals surface area contributed by atoms with Crippen molar-refractivity contribution in [3.63, 3.8) is 0 Å².